The number of hydrogen-bond acceptors (Lipinski definition) is 5. The molecule has 1 saturated heterocycles. The van der Waals surface area contributed by atoms with Crippen molar-refractivity contribution >= 4 is 11.9 Å². The molecular formula is C16H31N3O3. The van der Waals surface area contributed by atoms with Crippen LogP contribution in [0.15, 0.2) is 0 Å². The second-order valence-electron chi connectivity index (χ2n) is 7.31. The summed E-state index contributed by atoms with van der Waals surface area (Å²) in [4.78, 5) is 25.8. The highest BCUT2D eigenvalue weighted by Gasteiger charge is 2.22. The predicted octanol–water partition coefficient (Wildman–Crippen LogP) is 0.894. The molecule has 0 aliphatic carbocycles. The lowest BCUT2D eigenvalue weighted by Gasteiger charge is -2.28. The Labute approximate surface area is 133 Å². The lowest BCUT2D eigenvalue weighted by molar-refractivity contribution is -0.145. The quantitative estimate of drug-likeness (QED) is 0.712. The lowest BCUT2D eigenvalue weighted by Crippen LogP contribution is -2.50. The van der Waals surface area contributed by atoms with Gasteiger partial charge in [-0.2, -0.15) is 0 Å². The maximum absolute atomic E-state index is 11.8. The monoisotopic (exact) mass is 313 g/mol. The molecule has 6 heteroatoms. The van der Waals surface area contributed by atoms with Gasteiger partial charge in [0.1, 0.15) is 12.6 Å². The Kier molecular flexibility index (Phi) is 7.29. The maximum Gasteiger partial charge on any atom is 0.305 e. The molecule has 0 aromatic carbocycles. The van der Waals surface area contributed by atoms with Crippen molar-refractivity contribution in [2.45, 2.75) is 58.0 Å². The Bertz CT molecular complexity index is 371. The zero-order valence-corrected chi connectivity index (χ0v) is 14.4. The average Bonchev–Trinajstić information content (AvgIpc) is 2.42. The number of ether oxygens (including phenoxy) is 1. The lowest BCUT2D eigenvalue weighted by atomic mass is 9.92. The van der Waals surface area contributed by atoms with Crippen LogP contribution in [0.2, 0.25) is 0 Å². The number of esters is 1. The number of piperidine rings is 1. The highest BCUT2D eigenvalue weighted by atomic mass is 16.5. The van der Waals surface area contributed by atoms with Crippen molar-refractivity contribution in [2.24, 2.45) is 11.7 Å². The summed E-state index contributed by atoms with van der Waals surface area (Å²) >= 11 is 0. The van der Waals surface area contributed by atoms with Crippen molar-refractivity contribution in [2.75, 3.05) is 26.7 Å². The van der Waals surface area contributed by atoms with Crippen LogP contribution in [0.1, 0.15) is 46.5 Å². The van der Waals surface area contributed by atoms with Crippen LogP contribution in [0.25, 0.3) is 0 Å². The van der Waals surface area contributed by atoms with E-state index < -0.39 is 6.04 Å². The molecule has 0 spiro atoms. The number of nitrogens with two attached hydrogens (primary N) is 1. The van der Waals surface area contributed by atoms with Crippen LogP contribution in [0.4, 0.5) is 0 Å². The molecule has 0 aromatic heterocycles. The van der Waals surface area contributed by atoms with Gasteiger partial charge in [-0.25, -0.2) is 0 Å². The topological polar surface area (TPSA) is 84.7 Å². The zero-order valence-electron chi connectivity index (χ0n) is 14.4. The summed E-state index contributed by atoms with van der Waals surface area (Å²) in [6.45, 7) is 7.77. The first kappa shape index (κ1) is 18.9. The van der Waals surface area contributed by atoms with Gasteiger partial charge in [-0.05, 0) is 66.1 Å². The first-order valence-electron chi connectivity index (χ1n) is 8.09. The van der Waals surface area contributed by atoms with E-state index in [0.717, 1.165) is 32.4 Å². The molecule has 3 N–H and O–H groups in total. The molecule has 128 valence electrons. The van der Waals surface area contributed by atoms with Gasteiger partial charge in [0, 0.05) is 12.0 Å². The fraction of sp³-hybridized carbons (Fsp3) is 0.875. The Morgan fingerprint density at radius 2 is 1.91 bits per heavy atom. The summed E-state index contributed by atoms with van der Waals surface area (Å²) in [6, 6.07) is -0.813. The first-order chi connectivity index (χ1) is 10.2. The Morgan fingerprint density at radius 1 is 1.32 bits per heavy atom. The second kappa shape index (κ2) is 8.48. The number of likely N-dealkylation sites (tertiary alicyclic amines) is 1. The van der Waals surface area contributed by atoms with Crippen LogP contribution < -0.4 is 11.1 Å². The Morgan fingerprint density at radius 3 is 2.45 bits per heavy atom. The van der Waals surface area contributed by atoms with Crippen LogP contribution in [-0.4, -0.2) is 55.1 Å². The van der Waals surface area contributed by atoms with Crippen LogP contribution in [0, 0.1) is 5.92 Å². The molecule has 0 unspecified atom stereocenters. The average molecular weight is 313 g/mol. The first-order valence-corrected chi connectivity index (χ1v) is 8.09. The molecule has 0 aromatic rings. The minimum atomic E-state index is -0.813. The van der Waals surface area contributed by atoms with Gasteiger partial charge in [0.25, 0.3) is 0 Å². The van der Waals surface area contributed by atoms with E-state index in [2.05, 4.69) is 17.3 Å². The predicted molar refractivity (Wildman–Crippen MR) is 86.3 cm³/mol. The summed E-state index contributed by atoms with van der Waals surface area (Å²) in [7, 11) is 2.12. The van der Waals surface area contributed by atoms with Gasteiger partial charge in [0.15, 0.2) is 0 Å². The number of amides is 1. The number of nitrogens with zero attached hydrogens (tertiary/aromatic N) is 1. The SMILES string of the molecule is CN1CCC(CCC(=O)OC[C@H](N)C(=O)NC(C)(C)C)CC1. The second-order valence-corrected chi connectivity index (χ2v) is 7.31. The fourth-order valence-corrected chi connectivity index (χ4v) is 2.47. The molecule has 1 atom stereocenters. The number of nitrogens with one attached hydrogen (secondary N) is 1. The van der Waals surface area contributed by atoms with Crippen molar-refractivity contribution < 1.29 is 14.3 Å². The Hall–Kier alpha value is -1.14. The summed E-state index contributed by atoms with van der Waals surface area (Å²) in [5.74, 6) is 0.0372. The van der Waals surface area contributed by atoms with E-state index >= 15 is 0 Å². The number of carbonyl (C=O) groups excluding carboxylic acids is 2. The fourth-order valence-electron chi connectivity index (χ4n) is 2.47. The van der Waals surface area contributed by atoms with E-state index in [-0.39, 0.29) is 24.0 Å². The van der Waals surface area contributed by atoms with Crippen LogP contribution in [-0.2, 0) is 14.3 Å². The van der Waals surface area contributed by atoms with Gasteiger partial charge in [0.2, 0.25) is 5.91 Å². The minimum Gasteiger partial charge on any atom is -0.463 e. The van der Waals surface area contributed by atoms with Crippen LogP contribution >= 0.6 is 0 Å². The summed E-state index contributed by atoms with van der Waals surface area (Å²) in [6.07, 6.45) is 3.53. The van der Waals surface area contributed by atoms with Crippen molar-refractivity contribution in [3.8, 4) is 0 Å². The van der Waals surface area contributed by atoms with Crippen LogP contribution in [0.3, 0.4) is 0 Å². The molecule has 1 rings (SSSR count). The molecule has 0 bridgehead atoms. The van der Waals surface area contributed by atoms with Crippen LogP contribution in [0.5, 0.6) is 0 Å². The third-order valence-corrected chi connectivity index (χ3v) is 3.85. The molecule has 6 nitrogen and oxygen atoms in total. The van der Waals surface area contributed by atoms with Gasteiger partial charge >= 0.3 is 5.97 Å². The molecule has 1 aliphatic rings. The largest absolute Gasteiger partial charge is 0.463 e. The van der Waals surface area contributed by atoms with E-state index in [9.17, 15) is 9.59 Å². The molecule has 1 heterocycles. The van der Waals surface area contributed by atoms with Gasteiger partial charge in [-0.3, -0.25) is 9.59 Å². The van der Waals surface area contributed by atoms with E-state index in [4.69, 9.17) is 10.5 Å². The zero-order chi connectivity index (χ0) is 16.8. The summed E-state index contributed by atoms with van der Waals surface area (Å²) < 4.78 is 5.12. The molecule has 0 saturated carbocycles. The van der Waals surface area contributed by atoms with E-state index in [1.54, 1.807) is 0 Å². The van der Waals surface area contributed by atoms with Crippen molar-refractivity contribution in [3.63, 3.8) is 0 Å². The van der Waals surface area contributed by atoms with Gasteiger partial charge < -0.3 is 20.7 Å². The Balaban J connectivity index is 2.18. The maximum atomic E-state index is 11.8. The summed E-state index contributed by atoms with van der Waals surface area (Å²) in [5, 5.41) is 2.77. The highest BCUT2D eigenvalue weighted by molar-refractivity contribution is 5.82. The number of rotatable bonds is 6. The molecular weight excluding hydrogens is 282 g/mol. The molecule has 22 heavy (non-hydrogen) atoms. The molecule has 1 aliphatic heterocycles. The minimum absolute atomic E-state index is 0.0614. The third-order valence-electron chi connectivity index (χ3n) is 3.85. The molecule has 1 amide bonds. The smallest absolute Gasteiger partial charge is 0.305 e. The standard InChI is InChI=1S/C16H31N3O3/c1-16(2,3)18-15(21)13(17)11-22-14(20)6-5-12-7-9-19(4)10-8-12/h12-13H,5-11,17H2,1-4H3,(H,18,21)/t13-/m0/s1. The van der Waals surface area contributed by atoms with Crippen molar-refractivity contribution in [3.05, 3.63) is 0 Å². The number of carbonyl (C=O) groups is 2. The van der Waals surface area contributed by atoms with E-state index in [1.165, 1.54) is 0 Å². The number of hydrogen-bond donors (Lipinski definition) is 2. The van der Waals surface area contributed by atoms with E-state index in [0.29, 0.717) is 12.3 Å². The van der Waals surface area contributed by atoms with Gasteiger partial charge in [-0.1, -0.05) is 0 Å². The molecule has 0 radical (unpaired) electrons. The summed E-state index contributed by atoms with van der Waals surface area (Å²) in [5.41, 5.74) is 5.39. The van der Waals surface area contributed by atoms with Crippen molar-refractivity contribution in [1.82, 2.24) is 10.2 Å². The van der Waals surface area contributed by atoms with E-state index in [1.807, 2.05) is 20.8 Å². The normalized spacial score (nSPS) is 18.8. The van der Waals surface area contributed by atoms with Crippen molar-refractivity contribution in [1.29, 1.82) is 0 Å². The third kappa shape index (κ3) is 7.75. The molecule has 1 fully saturated rings. The van der Waals surface area contributed by atoms with Gasteiger partial charge in [0.05, 0.1) is 0 Å². The van der Waals surface area contributed by atoms with Gasteiger partial charge in [-0.15, -0.1) is 0 Å². The highest BCUT2D eigenvalue weighted by Crippen LogP contribution is 2.21.